The number of nitrogens with zero attached hydrogens (tertiary/aromatic N) is 1. The molecular weight excluding hydrogens is 284 g/mol. The van der Waals surface area contributed by atoms with Crippen molar-refractivity contribution in [2.45, 2.75) is 32.1 Å². The van der Waals surface area contributed by atoms with Crippen LogP contribution in [0.4, 0.5) is 0 Å². The van der Waals surface area contributed by atoms with E-state index in [-0.39, 0.29) is 17.2 Å². The fourth-order valence-corrected chi connectivity index (χ4v) is 3.16. The summed E-state index contributed by atoms with van der Waals surface area (Å²) in [5.74, 6) is -0.0637. The number of nitrogens with one attached hydrogen (secondary N) is 1. The van der Waals surface area contributed by atoms with Crippen molar-refractivity contribution in [3.8, 4) is 0 Å². The van der Waals surface area contributed by atoms with Gasteiger partial charge < -0.3 is 0 Å². The first kappa shape index (κ1) is 15.5. The molecule has 3 rings (SSSR count). The first-order valence-corrected chi connectivity index (χ1v) is 8.12. The van der Waals surface area contributed by atoms with E-state index in [2.05, 4.69) is 34.8 Å². The summed E-state index contributed by atoms with van der Waals surface area (Å²) in [6.45, 7) is 3.95. The molecule has 0 heterocycles. The van der Waals surface area contributed by atoms with Gasteiger partial charge in [-0.15, -0.1) is 0 Å². The van der Waals surface area contributed by atoms with Crippen LogP contribution in [0.2, 0.25) is 0 Å². The second-order valence-electron chi connectivity index (χ2n) is 6.14. The third-order valence-corrected chi connectivity index (χ3v) is 4.72. The van der Waals surface area contributed by atoms with Crippen molar-refractivity contribution in [2.75, 3.05) is 0 Å². The molecule has 1 N–H and O–H groups in total. The zero-order chi connectivity index (χ0) is 16.3. The lowest BCUT2D eigenvalue weighted by Gasteiger charge is -2.18. The number of hydrogen-bond acceptors (Lipinski definition) is 2. The Bertz CT molecular complexity index is 667. The van der Waals surface area contributed by atoms with Gasteiger partial charge in [-0.25, -0.2) is 5.43 Å². The smallest absolute Gasteiger partial charge is 0.244 e. The quantitative estimate of drug-likeness (QED) is 0.661. The van der Waals surface area contributed by atoms with Crippen LogP contribution in [0.15, 0.2) is 65.8 Å². The molecule has 2 aromatic rings. The van der Waals surface area contributed by atoms with Gasteiger partial charge >= 0.3 is 0 Å². The summed E-state index contributed by atoms with van der Waals surface area (Å²) in [6, 6.07) is 20.6. The van der Waals surface area contributed by atoms with Crippen LogP contribution in [0, 0.1) is 5.92 Å². The number of benzene rings is 2. The van der Waals surface area contributed by atoms with Crippen LogP contribution in [-0.4, -0.2) is 11.6 Å². The number of amides is 1. The lowest BCUT2D eigenvalue weighted by Crippen LogP contribution is -2.26. The van der Waals surface area contributed by atoms with E-state index in [0.29, 0.717) is 0 Å². The molecule has 1 atom stereocenters. The van der Waals surface area contributed by atoms with Crippen LogP contribution < -0.4 is 5.43 Å². The number of hydrogen-bond donors (Lipinski definition) is 1. The predicted molar refractivity (Wildman–Crippen MR) is 93.3 cm³/mol. The molecule has 3 nitrogen and oxygen atoms in total. The molecule has 0 radical (unpaired) electrons. The molecule has 0 bridgehead atoms. The summed E-state index contributed by atoms with van der Waals surface area (Å²) in [6.07, 6.45) is 1.67. The highest BCUT2D eigenvalue weighted by molar-refractivity contribution is 5.88. The molecule has 1 aliphatic rings. The van der Waals surface area contributed by atoms with Gasteiger partial charge in [-0.1, -0.05) is 67.6 Å². The Morgan fingerprint density at radius 1 is 1.09 bits per heavy atom. The normalized spacial score (nSPS) is 19.2. The van der Waals surface area contributed by atoms with E-state index in [1.54, 1.807) is 0 Å². The fraction of sp³-hybridized carbons (Fsp3) is 0.300. The molecule has 3 heteroatoms. The van der Waals surface area contributed by atoms with E-state index in [4.69, 9.17) is 0 Å². The van der Waals surface area contributed by atoms with Gasteiger partial charge in [0, 0.05) is 11.1 Å². The highest BCUT2D eigenvalue weighted by Crippen LogP contribution is 2.58. The summed E-state index contributed by atoms with van der Waals surface area (Å²) < 4.78 is 0. The summed E-state index contributed by atoms with van der Waals surface area (Å²) in [7, 11) is 0. The van der Waals surface area contributed by atoms with E-state index in [0.717, 1.165) is 18.6 Å². The molecule has 0 spiro atoms. The average Bonchev–Trinajstić information content (AvgIpc) is 3.38. The minimum atomic E-state index is -0.220. The Morgan fingerprint density at radius 2 is 1.61 bits per heavy atom. The monoisotopic (exact) mass is 306 g/mol. The van der Waals surface area contributed by atoms with Crippen molar-refractivity contribution < 1.29 is 4.79 Å². The van der Waals surface area contributed by atoms with Crippen LogP contribution in [-0.2, 0) is 10.2 Å². The van der Waals surface area contributed by atoms with Gasteiger partial charge in [0.25, 0.3) is 0 Å². The third-order valence-electron chi connectivity index (χ3n) is 4.72. The van der Waals surface area contributed by atoms with Gasteiger partial charge in [0.2, 0.25) is 5.91 Å². The molecule has 1 saturated carbocycles. The predicted octanol–water partition coefficient (Wildman–Crippen LogP) is 3.89. The zero-order valence-electron chi connectivity index (χ0n) is 13.6. The molecule has 1 fully saturated rings. The van der Waals surface area contributed by atoms with E-state index in [1.807, 2.05) is 50.2 Å². The standard InChI is InChI=1S/C20H22N2O/c1-3-15(2)21-22-19(23)18-14-20(18,16-10-6-4-7-11-16)17-12-8-5-9-13-17/h4-13,18H,3,14H2,1-2H3,(H,22,23)/b21-15+. The maximum atomic E-state index is 12.6. The van der Waals surface area contributed by atoms with Crippen LogP contribution in [0.3, 0.4) is 0 Å². The number of hydrazone groups is 1. The third kappa shape index (κ3) is 2.91. The number of carbonyl (C=O) groups excluding carboxylic acids is 1. The molecular formula is C20H22N2O. The van der Waals surface area contributed by atoms with Crippen LogP contribution in [0.25, 0.3) is 0 Å². The first-order chi connectivity index (χ1) is 11.2. The maximum absolute atomic E-state index is 12.6. The van der Waals surface area contributed by atoms with Crippen molar-refractivity contribution in [2.24, 2.45) is 11.0 Å². The largest absolute Gasteiger partial charge is 0.273 e. The van der Waals surface area contributed by atoms with Crippen LogP contribution in [0.1, 0.15) is 37.8 Å². The van der Waals surface area contributed by atoms with Crippen molar-refractivity contribution in [3.05, 3.63) is 71.8 Å². The van der Waals surface area contributed by atoms with E-state index in [1.165, 1.54) is 11.1 Å². The lowest BCUT2D eigenvalue weighted by molar-refractivity contribution is -0.122. The SMILES string of the molecule is CC/C(C)=N/NC(=O)C1CC1(c1ccccc1)c1ccccc1. The van der Waals surface area contributed by atoms with Crippen molar-refractivity contribution in [3.63, 3.8) is 0 Å². The van der Waals surface area contributed by atoms with Gasteiger partial charge in [-0.2, -0.15) is 5.10 Å². The molecule has 1 unspecified atom stereocenters. The summed E-state index contributed by atoms with van der Waals surface area (Å²) in [4.78, 5) is 12.6. The minimum absolute atomic E-state index is 0.00510. The average molecular weight is 306 g/mol. The molecule has 1 amide bonds. The van der Waals surface area contributed by atoms with Crippen LogP contribution >= 0.6 is 0 Å². The lowest BCUT2D eigenvalue weighted by atomic mass is 9.85. The van der Waals surface area contributed by atoms with Gasteiger partial charge in [-0.3, -0.25) is 4.79 Å². The maximum Gasteiger partial charge on any atom is 0.244 e. The van der Waals surface area contributed by atoms with Crippen molar-refractivity contribution in [1.29, 1.82) is 0 Å². The van der Waals surface area contributed by atoms with E-state index in [9.17, 15) is 4.79 Å². The highest BCUT2D eigenvalue weighted by atomic mass is 16.2. The van der Waals surface area contributed by atoms with Gasteiger partial charge in [0.05, 0.1) is 5.92 Å². The Kier molecular flexibility index (Phi) is 4.28. The molecule has 1 aliphatic carbocycles. The number of rotatable bonds is 5. The summed E-state index contributed by atoms with van der Waals surface area (Å²) in [5.41, 5.74) is 5.85. The minimum Gasteiger partial charge on any atom is -0.273 e. The Labute approximate surface area is 137 Å². The van der Waals surface area contributed by atoms with Crippen molar-refractivity contribution in [1.82, 2.24) is 5.43 Å². The summed E-state index contributed by atoms with van der Waals surface area (Å²) >= 11 is 0. The van der Waals surface area contributed by atoms with Gasteiger partial charge in [-0.05, 0) is 30.9 Å². The van der Waals surface area contributed by atoms with Gasteiger partial charge in [0.15, 0.2) is 0 Å². The molecule has 0 aromatic heterocycles. The Balaban J connectivity index is 1.91. The Hall–Kier alpha value is -2.42. The van der Waals surface area contributed by atoms with Crippen LogP contribution in [0.5, 0.6) is 0 Å². The van der Waals surface area contributed by atoms with Gasteiger partial charge in [0.1, 0.15) is 0 Å². The topological polar surface area (TPSA) is 41.5 Å². The molecule has 118 valence electrons. The molecule has 0 aliphatic heterocycles. The molecule has 2 aromatic carbocycles. The highest BCUT2D eigenvalue weighted by Gasteiger charge is 2.60. The van der Waals surface area contributed by atoms with E-state index < -0.39 is 0 Å². The fourth-order valence-electron chi connectivity index (χ4n) is 3.16. The Morgan fingerprint density at radius 3 is 2.09 bits per heavy atom. The van der Waals surface area contributed by atoms with E-state index >= 15 is 0 Å². The summed E-state index contributed by atoms with van der Waals surface area (Å²) in [5, 5.41) is 4.17. The molecule has 23 heavy (non-hydrogen) atoms. The second-order valence-corrected chi connectivity index (χ2v) is 6.14. The zero-order valence-corrected chi connectivity index (χ0v) is 13.6. The number of carbonyl (C=O) groups is 1. The molecule has 0 saturated heterocycles. The first-order valence-electron chi connectivity index (χ1n) is 8.12. The van der Waals surface area contributed by atoms with Crippen molar-refractivity contribution >= 4 is 11.6 Å². The second kappa shape index (κ2) is 6.37.